The van der Waals surface area contributed by atoms with E-state index in [1.807, 2.05) is 30.3 Å². The van der Waals surface area contributed by atoms with Crippen molar-refractivity contribution in [3.63, 3.8) is 0 Å². The summed E-state index contributed by atoms with van der Waals surface area (Å²) in [5, 5.41) is 2.71. The highest BCUT2D eigenvalue weighted by Gasteiger charge is 2.42. The zero-order valence-electron chi connectivity index (χ0n) is 18.3. The first-order valence-corrected chi connectivity index (χ1v) is 11.0. The number of hydrogen-bond donors (Lipinski definition) is 1. The molecule has 1 atom stereocenters. The van der Waals surface area contributed by atoms with E-state index in [0.29, 0.717) is 12.1 Å². The molecule has 0 saturated carbocycles. The number of amides is 3. The molecule has 10 heteroatoms. The largest absolute Gasteiger partial charge is 0.471 e. The van der Waals surface area contributed by atoms with Gasteiger partial charge in [-0.25, -0.2) is 4.79 Å². The number of hydrogen-bond acceptors (Lipinski definition) is 4. The van der Waals surface area contributed by atoms with Gasteiger partial charge in [0.25, 0.3) is 0 Å². The van der Waals surface area contributed by atoms with Crippen LogP contribution in [0.5, 0.6) is 0 Å². The third-order valence-electron chi connectivity index (χ3n) is 5.99. The number of fused-ring (bicyclic) bond motifs is 1. The molecule has 2 aliphatic heterocycles. The normalized spacial score (nSPS) is 18.3. The van der Waals surface area contributed by atoms with Crippen LogP contribution in [0.15, 0.2) is 48.5 Å². The molecule has 4 rings (SSSR count). The van der Waals surface area contributed by atoms with Gasteiger partial charge in [0.2, 0.25) is 5.91 Å². The number of benzene rings is 2. The monoisotopic (exact) mass is 475 g/mol. The van der Waals surface area contributed by atoms with Gasteiger partial charge in [-0.2, -0.15) is 13.2 Å². The number of alkyl halides is 3. The van der Waals surface area contributed by atoms with E-state index in [9.17, 15) is 27.6 Å². The van der Waals surface area contributed by atoms with Crippen LogP contribution >= 0.6 is 0 Å². The molecule has 2 aromatic rings. The predicted octanol–water partition coefficient (Wildman–Crippen LogP) is 3.21. The van der Waals surface area contributed by atoms with Gasteiger partial charge in [-0.15, -0.1) is 0 Å². The number of carbonyl (C=O) groups excluding carboxylic acids is 3. The van der Waals surface area contributed by atoms with Crippen LogP contribution in [-0.2, 0) is 33.8 Å². The SMILES string of the molecule is O=C(N[C@@H]1CC(=O)N(c2ccc3c(c2)CCN(C(=O)C(F)(F)F)CC3)C1)OCc1ccccc1. The Labute approximate surface area is 194 Å². The van der Waals surface area contributed by atoms with Gasteiger partial charge in [0.1, 0.15) is 6.61 Å². The van der Waals surface area contributed by atoms with Crippen LogP contribution in [0.25, 0.3) is 0 Å². The highest BCUT2D eigenvalue weighted by Crippen LogP contribution is 2.28. The molecule has 0 radical (unpaired) electrons. The summed E-state index contributed by atoms with van der Waals surface area (Å²) >= 11 is 0. The first kappa shape index (κ1) is 23.6. The fourth-order valence-corrected chi connectivity index (χ4v) is 4.25. The van der Waals surface area contributed by atoms with Crippen LogP contribution in [0.3, 0.4) is 0 Å². The van der Waals surface area contributed by atoms with Gasteiger partial charge >= 0.3 is 18.2 Å². The van der Waals surface area contributed by atoms with E-state index in [2.05, 4.69) is 5.32 Å². The summed E-state index contributed by atoms with van der Waals surface area (Å²) in [4.78, 5) is 38.7. The number of carbonyl (C=O) groups is 3. The lowest BCUT2D eigenvalue weighted by Gasteiger charge is -2.21. The standard InChI is InChI=1S/C24H24F3N3O4/c25-24(26,27)22(32)29-10-8-17-6-7-20(12-18(17)9-11-29)30-14-19(13-21(30)31)28-23(33)34-15-16-4-2-1-3-5-16/h1-7,12,19H,8-11,13-15H2,(H,28,33)/t19-/m1/s1. The second-order valence-corrected chi connectivity index (χ2v) is 8.35. The molecule has 1 N–H and O–H groups in total. The van der Waals surface area contributed by atoms with Gasteiger partial charge in [0.15, 0.2) is 0 Å². The minimum atomic E-state index is -4.89. The van der Waals surface area contributed by atoms with Crippen molar-refractivity contribution in [1.82, 2.24) is 10.2 Å². The summed E-state index contributed by atoms with van der Waals surface area (Å²) in [6.45, 7) is 0.330. The fraction of sp³-hybridized carbons (Fsp3) is 0.375. The predicted molar refractivity (Wildman–Crippen MR) is 117 cm³/mol. The highest BCUT2D eigenvalue weighted by atomic mass is 19.4. The summed E-state index contributed by atoms with van der Waals surface area (Å²) in [6.07, 6.45) is -4.82. The molecule has 34 heavy (non-hydrogen) atoms. The summed E-state index contributed by atoms with van der Waals surface area (Å²) in [5.41, 5.74) is 3.12. The van der Waals surface area contributed by atoms with Crippen molar-refractivity contribution >= 4 is 23.6 Å². The number of nitrogens with zero attached hydrogens (tertiary/aromatic N) is 2. The Morgan fingerprint density at radius 1 is 1.03 bits per heavy atom. The summed E-state index contributed by atoms with van der Waals surface area (Å²) in [5.74, 6) is -2.00. The summed E-state index contributed by atoms with van der Waals surface area (Å²) in [7, 11) is 0. The van der Waals surface area contributed by atoms with Crippen molar-refractivity contribution in [1.29, 1.82) is 0 Å². The number of anilines is 1. The summed E-state index contributed by atoms with van der Waals surface area (Å²) < 4.78 is 43.6. The average Bonchev–Trinajstić information content (AvgIpc) is 3.04. The van der Waals surface area contributed by atoms with Crippen molar-refractivity contribution in [3.05, 3.63) is 65.2 Å². The molecule has 2 heterocycles. The Morgan fingerprint density at radius 3 is 2.44 bits per heavy atom. The van der Waals surface area contributed by atoms with Gasteiger partial charge in [-0.05, 0) is 41.7 Å². The Morgan fingerprint density at radius 2 is 1.74 bits per heavy atom. The summed E-state index contributed by atoms with van der Waals surface area (Å²) in [6, 6.07) is 14.1. The van der Waals surface area contributed by atoms with E-state index < -0.39 is 24.2 Å². The second-order valence-electron chi connectivity index (χ2n) is 8.35. The van der Waals surface area contributed by atoms with Crippen LogP contribution in [0, 0.1) is 0 Å². The Balaban J connectivity index is 1.35. The molecule has 180 valence electrons. The van der Waals surface area contributed by atoms with Crippen LogP contribution < -0.4 is 10.2 Å². The third kappa shape index (κ3) is 5.49. The van der Waals surface area contributed by atoms with Crippen LogP contribution in [0.4, 0.5) is 23.7 Å². The number of nitrogens with one attached hydrogen (secondary N) is 1. The molecule has 7 nitrogen and oxygen atoms in total. The molecule has 1 saturated heterocycles. The molecule has 0 aromatic heterocycles. The van der Waals surface area contributed by atoms with Gasteiger partial charge < -0.3 is 19.9 Å². The fourth-order valence-electron chi connectivity index (χ4n) is 4.25. The van der Waals surface area contributed by atoms with E-state index in [1.54, 1.807) is 23.1 Å². The molecule has 0 bridgehead atoms. The lowest BCUT2D eigenvalue weighted by Crippen LogP contribution is -2.42. The van der Waals surface area contributed by atoms with Crippen molar-refractivity contribution in [2.75, 3.05) is 24.5 Å². The molecular weight excluding hydrogens is 451 g/mol. The molecule has 2 aromatic carbocycles. The minimum absolute atomic E-state index is 0.00950. The first-order valence-electron chi connectivity index (χ1n) is 11.0. The highest BCUT2D eigenvalue weighted by molar-refractivity contribution is 5.96. The lowest BCUT2D eigenvalue weighted by atomic mass is 10.0. The Bertz CT molecular complexity index is 1070. The quantitative estimate of drug-likeness (QED) is 0.737. The van der Waals surface area contributed by atoms with Crippen molar-refractivity contribution in [3.8, 4) is 0 Å². The van der Waals surface area contributed by atoms with Crippen LogP contribution in [-0.4, -0.2) is 54.7 Å². The topological polar surface area (TPSA) is 79.0 Å². The minimum Gasteiger partial charge on any atom is -0.445 e. The van der Waals surface area contributed by atoms with E-state index >= 15 is 0 Å². The van der Waals surface area contributed by atoms with Crippen molar-refractivity contribution < 1.29 is 32.3 Å². The maximum Gasteiger partial charge on any atom is 0.471 e. The van der Waals surface area contributed by atoms with Crippen LogP contribution in [0.1, 0.15) is 23.1 Å². The van der Waals surface area contributed by atoms with E-state index in [1.165, 1.54) is 0 Å². The second kappa shape index (κ2) is 9.74. The Kier molecular flexibility index (Phi) is 6.76. The van der Waals surface area contributed by atoms with Gasteiger partial charge in [-0.1, -0.05) is 36.4 Å². The van der Waals surface area contributed by atoms with E-state index in [4.69, 9.17) is 4.74 Å². The molecule has 0 unspecified atom stereocenters. The van der Waals surface area contributed by atoms with Crippen molar-refractivity contribution in [2.24, 2.45) is 0 Å². The van der Waals surface area contributed by atoms with E-state index in [-0.39, 0.29) is 45.0 Å². The molecular formula is C24H24F3N3O4. The average molecular weight is 475 g/mol. The molecule has 1 fully saturated rings. The molecule has 2 aliphatic rings. The van der Waals surface area contributed by atoms with E-state index in [0.717, 1.165) is 21.6 Å². The van der Waals surface area contributed by atoms with Crippen molar-refractivity contribution in [2.45, 2.75) is 38.1 Å². The number of ether oxygens (including phenoxy) is 1. The van der Waals surface area contributed by atoms with Gasteiger partial charge in [0, 0.05) is 31.7 Å². The Hall–Kier alpha value is -3.56. The smallest absolute Gasteiger partial charge is 0.445 e. The maximum absolute atomic E-state index is 12.8. The zero-order chi connectivity index (χ0) is 24.3. The maximum atomic E-state index is 12.8. The molecule has 0 spiro atoms. The number of alkyl carbamates (subject to hydrolysis) is 1. The molecule has 3 amide bonds. The van der Waals surface area contributed by atoms with Gasteiger partial charge in [0.05, 0.1) is 6.04 Å². The third-order valence-corrected chi connectivity index (χ3v) is 5.99. The van der Waals surface area contributed by atoms with Gasteiger partial charge in [-0.3, -0.25) is 9.59 Å². The zero-order valence-corrected chi connectivity index (χ0v) is 18.3. The number of rotatable bonds is 4. The molecule has 0 aliphatic carbocycles. The van der Waals surface area contributed by atoms with Crippen LogP contribution in [0.2, 0.25) is 0 Å². The lowest BCUT2D eigenvalue weighted by molar-refractivity contribution is -0.185. The first-order chi connectivity index (χ1) is 16.2. The number of halogens is 3.